The summed E-state index contributed by atoms with van der Waals surface area (Å²) in [7, 11) is 0. The van der Waals surface area contributed by atoms with Crippen molar-refractivity contribution in [2.24, 2.45) is 0 Å². The monoisotopic (exact) mass is 476 g/mol. The maximum atomic E-state index is 12.1. The third kappa shape index (κ3) is 4.23. The molecule has 0 aliphatic carbocycles. The molecule has 0 saturated heterocycles. The van der Waals surface area contributed by atoms with E-state index in [0.29, 0.717) is 35.7 Å². The first-order valence-electron chi connectivity index (χ1n) is 9.08. The number of hydrogen-bond donors (Lipinski definition) is 1. The first-order valence-corrected chi connectivity index (χ1v) is 10.2. The molecular formula is C20H18BrClN4O3. The van der Waals surface area contributed by atoms with Crippen molar-refractivity contribution in [1.29, 1.82) is 0 Å². The van der Waals surface area contributed by atoms with E-state index in [2.05, 4.69) is 31.3 Å². The molecule has 0 fully saturated rings. The average Bonchev–Trinajstić information content (AvgIpc) is 3.16. The molecular weight excluding hydrogens is 460 g/mol. The minimum atomic E-state index is -0.276. The number of ether oxygens (including phenoxy) is 2. The van der Waals surface area contributed by atoms with Crippen molar-refractivity contribution in [3.8, 4) is 11.5 Å². The standard InChI is InChI=1S/C20H18BrClN4O3/c1-2-28-17-8-13(16-9-18(27)25-20-23-11-24-26(16)20)7-15(21)19(17)29-10-12-3-5-14(22)6-4-12/h3-8,11,16H,2,9-10H2,1H3,(H,23,24,25,27)/t16-/m0/s1. The molecule has 1 amide bonds. The van der Waals surface area contributed by atoms with E-state index in [1.807, 2.05) is 43.3 Å². The quantitative estimate of drug-likeness (QED) is 0.561. The fraction of sp³-hybridized carbons (Fsp3) is 0.250. The predicted octanol–water partition coefficient (Wildman–Crippen LogP) is 4.60. The predicted molar refractivity (Wildman–Crippen MR) is 113 cm³/mol. The molecule has 4 rings (SSSR count). The summed E-state index contributed by atoms with van der Waals surface area (Å²) in [5, 5.41) is 7.65. The molecule has 2 heterocycles. The normalized spacial score (nSPS) is 15.6. The van der Waals surface area contributed by atoms with E-state index in [9.17, 15) is 4.79 Å². The Morgan fingerprint density at radius 3 is 2.83 bits per heavy atom. The summed E-state index contributed by atoms with van der Waals surface area (Å²) in [6.07, 6.45) is 1.69. The zero-order valence-corrected chi connectivity index (χ0v) is 17.9. The molecule has 3 aromatic rings. The number of anilines is 1. The van der Waals surface area contributed by atoms with Crippen molar-refractivity contribution in [1.82, 2.24) is 14.8 Å². The minimum Gasteiger partial charge on any atom is -0.490 e. The van der Waals surface area contributed by atoms with Crippen LogP contribution in [-0.4, -0.2) is 27.3 Å². The number of carbonyl (C=O) groups excluding carboxylic acids is 1. The van der Waals surface area contributed by atoms with Gasteiger partial charge in [0.15, 0.2) is 11.5 Å². The van der Waals surface area contributed by atoms with Crippen LogP contribution in [-0.2, 0) is 11.4 Å². The molecule has 150 valence electrons. The van der Waals surface area contributed by atoms with Gasteiger partial charge in [-0.15, -0.1) is 0 Å². The fourth-order valence-corrected chi connectivity index (χ4v) is 3.88. The summed E-state index contributed by atoms with van der Waals surface area (Å²) in [4.78, 5) is 16.2. The smallest absolute Gasteiger partial charge is 0.229 e. The number of benzene rings is 2. The molecule has 1 aliphatic rings. The Morgan fingerprint density at radius 1 is 1.28 bits per heavy atom. The molecule has 1 aliphatic heterocycles. The number of carbonyl (C=O) groups is 1. The van der Waals surface area contributed by atoms with E-state index < -0.39 is 0 Å². The van der Waals surface area contributed by atoms with Crippen LogP contribution >= 0.6 is 27.5 Å². The van der Waals surface area contributed by atoms with Crippen molar-refractivity contribution < 1.29 is 14.3 Å². The summed E-state index contributed by atoms with van der Waals surface area (Å²) in [5.74, 6) is 1.53. The third-order valence-electron chi connectivity index (χ3n) is 4.51. The second kappa shape index (κ2) is 8.42. The van der Waals surface area contributed by atoms with E-state index in [1.165, 1.54) is 6.33 Å². The van der Waals surface area contributed by atoms with E-state index in [-0.39, 0.29) is 18.4 Å². The Morgan fingerprint density at radius 2 is 2.07 bits per heavy atom. The number of aromatic nitrogens is 3. The van der Waals surface area contributed by atoms with Gasteiger partial charge >= 0.3 is 0 Å². The van der Waals surface area contributed by atoms with Crippen LogP contribution in [0.3, 0.4) is 0 Å². The van der Waals surface area contributed by atoms with Crippen molar-refractivity contribution in [3.63, 3.8) is 0 Å². The number of rotatable bonds is 6. The van der Waals surface area contributed by atoms with Gasteiger partial charge in [0.2, 0.25) is 11.9 Å². The Hall–Kier alpha value is -2.58. The lowest BCUT2D eigenvalue weighted by atomic mass is 10.0. The van der Waals surface area contributed by atoms with Gasteiger partial charge in [-0.25, -0.2) is 4.68 Å². The highest BCUT2D eigenvalue weighted by atomic mass is 79.9. The topological polar surface area (TPSA) is 78.3 Å². The van der Waals surface area contributed by atoms with Gasteiger partial charge < -0.3 is 9.47 Å². The fourth-order valence-electron chi connectivity index (χ4n) is 3.18. The van der Waals surface area contributed by atoms with Gasteiger partial charge in [-0.2, -0.15) is 10.1 Å². The van der Waals surface area contributed by atoms with Gasteiger partial charge in [-0.05, 0) is 58.2 Å². The van der Waals surface area contributed by atoms with Crippen molar-refractivity contribution in [2.45, 2.75) is 26.0 Å². The lowest BCUT2D eigenvalue weighted by molar-refractivity contribution is -0.117. The molecule has 0 spiro atoms. The van der Waals surface area contributed by atoms with E-state index in [0.717, 1.165) is 15.6 Å². The van der Waals surface area contributed by atoms with Crippen molar-refractivity contribution >= 4 is 39.4 Å². The van der Waals surface area contributed by atoms with Crippen molar-refractivity contribution in [3.05, 3.63) is 63.3 Å². The molecule has 0 bridgehead atoms. The minimum absolute atomic E-state index is 0.104. The molecule has 29 heavy (non-hydrogen) atoms. The molecule has 7 nitrogen and oxygen atoms in total. The number of halogens is 2. The number of hydrogen-bond acceptors (Lipinski definition) is 5. The Labute approximate surface area is 181 Å². The Balaban J connectivity index is 1.65. The maximum Gasteiger partial charge on any atom is 0.229 e. The number of nitrogens with zero attached hydrogens (tertiary/aromatic N) is 3. The zero-order chi connectivity index (χ0) is 20.4. The van der Waals surface area contributed by atoms with Crippen molar-refractivity contribution in [2.75, 3.05) is 11.9 Å². The lowest BCUT2D eigenvalue weighted by Crippen LogP contribution is -2.29. The van der Waals surface area contributed by atoms with Crippen LogP contribution in [0.1, 0.15) is 30.5 Å². The third-order valence-corrected chi connectivity index (χ3v) is 5.35. The number of amides is 1. The Kier molecular flexibility index (Phi) is 5.73. The first kappa shape index (κ1) is 19.7. The highest BCUT2D eigenvalue weighted by Crippen LogP contribution is 2.41. The van der Waals surface area contributed by atoms with E-state index >= 15 is 0 Å². The largest absolute Gasteiger partial charge is 0.490 e. The van der Waals surface area contributed by atoms with Gasteiger partial charge in [0.05, 0.1) is 23.5 Å². The van der Waals surface area contributed by atoms with E-state index in [4.69, 9.17) is 21.1 Å². The first-order chi connectivity index (χ1) is 14.0. The molecule has 1 N–H and O–H groups in total. The van der Waals surface area contributed by atoms with E-state index in [1.54, 1.807) is 4.68 Å². The van der Waals surface area contributed by atoms with Crippen LogP contribution in [0.2, 0.25) is 5.02 Å². The zero-order valence-electron chi connectivity index (χ0n) is 15.6. The molecule has 0 saturated carbocycles. The van der Waals surface area contributed by atoms with Crippen LogP contribution in [0, 0.1) is 0 Å². The summed E-state index contributed by atoms with van der Waals surface area (Å²) in [6.45, 7) is 2.76. The summed E-state index contributed by atoms with van der Waals surface area (Å²) in [6, 6.07) is 11.0. The maximum absolute atomic E-state index is 12.1. The summed E-state index contributed by atoms with van der Waals surface area (Å²) < 4.78 is 14.3. The van der Waals surface area contributed by atoms with Gasteiger partial charge in [0.1, 0.15) is 12.9 Å². The molecule has 1 aromatic heterocycles. The van der Waals surface area contributed by atoms with Gasteiger partial charge in [-0.3, -0.25) is 10.1 Å². The SMILES string of the molecule is CCOc1cc([C@@H]2CC(=O)Nc3ncnn32)cc(Br)c1OCc1ccc(Cl)cc1. The molecule has 9 heteroatoms. The van der Waals surface area contributed by atoms with Gasteiger partial charge in [0.25, 0.3) is 0 Å². The molecule has 0 unspecified atom stereocenters. The van der Waals surface area contributed by atoms with Crippen LogP contribution in [0.5, 0.6) is 11.5 Å². The average molecular weight is 478 g/mol. The molecule has 1 atom stereocenters. The molecule has 0 radical (unpaired) electrons. The Bertz CT molecular complexity index is 1040. The van der Waals surface area contributed by atoms with Gasteiger partial charge in [-0.1, -0.05) is 23.7 Å². The van der Waals surface area contributed by atoms with Crippen LogP contribution in [0.4, 0.5) is 5.95 Å². The van der Waals surface area contributed by atoms with Crippen LogP contribution < -0.4 is 14.8 Å². The summed E-state index contributed by atoms with van der Waals surface area (Å²) in [5.41, 5.74) is 1.87. The molecule has 2 aromatic carbocycles. The highest BCUT2D eigenvalue weighted by Gasteiger charge is 2.29. The van der Waals surface area contributed by atoms with Crippen LogP contribution in [0.15, 0.2) is 47.2 Å². The highest BCUT2D eigenvalue weighted by molar-refractivity contribution is 9.10. The lowest BCUT2D eigenvalue weighted by Gasteiger charge is -2.25. The second-order valence-corrected chi connectivity index (χ2v) is 7.77. The number of nitrogens with one attached hydrogen (secondary N) is 1. The number of fused-ring (bicyclic) bond motifs is 1. The van der Waals surface area contributed by atoms with Crippen LogP contribution in [0.25, 0.3) is 0 Å². The van der Waals surface area contributed by atoms with Gasteiger partial charge in [0, 0.05) is 5.02 Å². The second-order valence-electron chi connectivity index (χ2n) is 6.47. The summed E-state index contributed by atoms with van der Waals surface area (Å²) >= 11 is 9.54.